The first-order chi connectivity index (χ1) is 12.2. The van der Waals surface area contributed by atoms with Crippen LogP contribution in [-0.4, -0.2) is 27.4 Å². The Morgan fingerprint density at radius 1 is 1.12 bits per heavy atom. The van der Waals surface area contributed by atoms with Crippen molar-refractivity contribution >= 4 is 33.2 Å². The van der Waals surface area contributed by atoms with Gasteiger partial charge in [0.05, 0.1) is 17.0 Å². The lowest BCUT2D eigenvalue weighted by Crippen LogP contribution is -2.33. The molecule has 2 aromatic rings. The normalized spacial score (nSPS) is 12.5. The lowest BCUT2D eigenvalue weighted by atomic mass is 10.1. The number of hydrogen-bond acceptors (Lipinski definition) is 3. The Morgan fingerprint density at radius 2 is 1.69 bits per heavy atom. The van der Waals surface area contributed by atoms with E-state index in [1.165, 1.54) is 23.5 Å². The summed E-state index contributed by atoms with van der Waals surface area (Å²) in [7, 11) is -2.17. The molecule has 0 radical (unpaired) electrons. The summed E-state index contributed by atoms with van der Waals surface area (Å²) in [4.78, 5) is 12.1. The highest BCUT2D eigenvalue weighted by Crippen LogP contribution is 2.23. The molecule has 0 aliphatic heterocycles. The Kier molecular flexibility index (Phi) is 6.67. The number of sulfonamides is 1. The van der Waals surface area contributed by atoms with E-state index in [1.54, 1.807) is 36.4 Å². The van der Waals surface area contributed by atoms with Crippen LogP contribution in [0.3, 0.4) is 0 Å². The zero-order valence-corrected chi connectivity index (χ0v) is 16.6. The first kappa shape index (κ1) is 20.3. The van der Waals surface area contributed by atoms with Crippen molar-refractivity contribution in [1.29, 1.82) is 0 Å². The monoisotopic (exact) mass is 394 g/mol. The summed E-state index contributed by atoms with van der Waals surface area (Å²) in [6.07, 6.45) is 1.14. The summed E-state index contributed by atoms with van der Waals surface area (Å²) in [5.41, 5.74) is 1.35. The van der Waals surface area contributed by atoms with Crippen LogP contribution in [0.15, 0.2) is 53.4 Å². The number of anilines is 1. The third-order valence-corrected chi connectivity index (χ3v) is 6.21. The van der Waals surface area contributed by atoms with Crippen LogP contribution in [-0.2, 0) is 21.2 Å². The summed E-state index contributed by atoms with van der Waals surface area (Å²) in [6.45, 7) is 3.97. The van der Waals surface area contributed by atoms with E-state index in [2.05, 4.69) is 5.32 Å². The topological polar surface area (TPSA) is 66.5 Å². The van der Waals surface area contributed by atoms with Gasteiger partial charge in [-0.2, -0.15) is 0 Å². The lowest BCUT2D eigenvalue weighted by molar-refractivity contribution is -0.121. The summed E-state index contributed by atoms with van der Waals surface area (Å²) >= 11 is 5.82. The van der Waals surface area contributed by atoms with E-state index in [-0.39, 0.29) is 23.3 Å². The molecule has 0 saturated carbocycles. The number of carbonyl (C=O) groups is 1. The molecule has 0 unspecified atom stereocenters. The fourth-order valence-corrected chi connectivity index (χ4v) is 3.66. The van der Waals surface area contributed by atoms with Crippen LogP contribution in [0, 0.1) is 0 Å². The minimum atomic E-state index is -3.67. The Morgan fingerprint density at radius 3 is 2.23 bits per heavy atom. The highest BCUT2D eigenvalue weighted by atomic mass is 35.5. The zero-order valence-electron chi connectivity index (χ0n) is 15.1. The molecule has 1 atom stereocenters. The second kappa shape index (κ2) is 8.56. The smallest absolute Gasteiger partial charge is 0.264 e. The van der Waals surface area contributed by atoms with Crippen LogP contribution in [0.4, 0.5) is 5.69 Å². The van der Waals surface area contributed by atoms with Crippen molar-refractivity contribution in [3.8, 4) is 0 Å². The van der Waals surface area contributed by atoms with Gasteiger partial charge < -0.3 is 5.32 Å². The first-order valence-electron chi connectivity index (χ1n) is 8.37. The van der Waals surface area contributed by atoms with Crippen molar-refractivity contribution in [2.75, 3.05) is 11.4 Å². The molecule has 140 valence electrons. The predicted octanol–water partition coefficient (Wildman–Crippen LogP) is 3.62. The summed E-state index contributed by atoms with van der Waals surface area (Å²) in [6, 6.07) is 13.1. The number of halogens is 1. The second-order valence-electron chi connectivity index (χ2n) is 6.15. The Labute approximate surface area is 160 Å². The molecule has 2 aromatic carbocycles. The Bertz CT molecular complexity index is 849. The summed E-state index contributed by atoms with van der Waals surface area (Å²) in [5, 5.41) is 3.39. The molecule has 0 bridgehead atoms. The molecular formula is C19H23ClN2O3S. The zero-order chi connectivity index (χ0) is 19.3. The number of amides is 1. The maximum absolute atomic E-state index is 12.7. The highest BCUT2D eigenvalue weighted by molar-refractivity contribution is 7.92. The van der Waals surface area contributed by atoms with Gasteiger partial charge in [0.1, 0.15) is 0 Å². The average molecular weight is 395 g/mol. The number of carbonyl (C=O) groups excluding carboxylic acids is 1. The van der Waals surface area contributed by atoms with Crippen LogP contribution < -0.4 is 9.62 Å². The van der Waals surface area contributed by atoms with Crippen LogP contribution in [0.5, 0.6) is 0 Å². The highest BCUT2D eigenvalue weighted by Gasteiger charge is 2.21. The molecule has 26 heavy (non-hydrogen) atoms. The van der Waals surface area contributed by atoms with Crippen LogP contribution in [0.25, 0.3) is 0 Å². The van der Waals surface area contributed by atoms with E-state index in [0.29, 0.717) is 10.7 Å². The van der Waals surface area contributed by atoms with Crippen LogP contribution in [0.2, 0.25) is 5.02 Å². The van der Waals surface area contributed by atoms with Crippen molar-refractivity contribution in [2.45, 2.75) is 37.6 Å². The molecule has 0 aliphatic carbocycles. The summed E-state index contributed by atoms with van der Waals surface area (Å²) in [5.74, 6) is -0.0470. The SMILES string of the molecule is CC[C@@H](C)NC(=O)Cc1ccc(N(C)S(=O)(=O)c2ccc(Cl)cc2)cc1. The van der Waals surface area contributed by atoms with Gasteiger partial charge in [-0.3, -0.25) is 9.10 Å². The van der Waals surface area contributed by atoms with Gasteiger partial charge in [-0.05, 0) is 55.3 Å². The molecule has 0 saturated heterocycles. The quantitative estimate of drug-likeness (QED) is 0.779. The maximum atomic E-state index is 12.7. The van der Waals surface area contributed by atoms with Gasteiger partial charge in [-0.15, -0.1) is 0 Å². The lowest BCUT2D eigenvalue weighted by Gasteiger charge is -2.20. The molecule has 1 amide bonds. The fourth-order valence-electron chi connectivity index (χ4n) is 2.34. The molecule has 0 heterocycles. The largest absolute Gasteiger partial charge is 0.353 e. The third-order valence-electron chi connectivity index (χ3n) is 4.16. The number of benzene rings is 2. The number of hydrogen-bond donors (Lipinski definition) is 1. The molecule has 1 N–H and O–H groups in total. The minimum absolute atomic E-state index is 0.0470. The van der Waals surface area contributed by atoms with Crippen LogP contribution in [0.1, 0.15) is 25.8 Å². The van der Waals surface area contributed by atoms with Gasteiger partial charge in [-0.25, -0.2) is 8.42 Å². The Hall–Kier alpha value is -2.05. The van der Waals surface area contributed by atoms with Gasteiger partial charge in [-0.1, -0.05) is 30.7 Å². The van der Waals surface area contributed by atoms with E-state index in [4.69, 9.17) is 11.6 Å². The number of nitrogens with zero attached hydrogens (tertiary/aromatic N) is 1. The van der Waals surface area contributed by atoms with Crippen molar-refractivity contribution in [3.05, 3.63) is 59.1 Å². The molecule has 0 aromatic heterocycles. The van der Waals surface area contributed by atoms with Gasteiger partial charge in [0.2, 0.25) is 5.91 Å². The van der Waals surface area contributed by atoms with Crippen molar-refractivity contribution in [1.82, 2.24) is 5.32 Å². The average Bonchev–Trinajstić information content (AvgIpc) is 2.61. The van der Waals surface area contributed by atoms with Crippen LogP contribution >= 0.6 is 11.6 Å². The van der Waals surface area contributed by atoms with Gasteiger partial charge >= 0.3 is 0 Å². The molecule has 0 aliphatic rings. The fraction of sp³-hybridized carbons (Fsp3) is 0.316. The van der Waals surface area contributed by atoms with Crippen molar-refractivity contribution in [2.24, 2.45) is 0 Å². The molecule has 2 rings (SSSR count). The van der Waals surface area contributed by atoms with Gasteiger partial charge in [0.25, 0.3) is 10.0 Å². The molecule has 7 heteroatoms. The van der Waals surface area contributed by atoms with E-state index in [1.807, 2.05) is 13.8 Å². The Balaban J connectivity index is 2.12. The number of rotatable bonds is 7. The molecule has 5 nitrogen and oxygen atoms in total. The van der Waals surface area contributed by atoms with E-state index in [9.17, 15) is 13.2 Å². The third kappa shape index (κ3) is 4.99. The predicted molar refractivity (Wildman–Crippen MR) is 105 cm³/mol. The van der Waals surface area contributed by atoms with E-state index >= 15 is 0 Å². The van der Waals surface area contributed by atoms with Crippen molar-refractivity contribution in [3.63, 3.8) is 0 Å². The minimum Gasteiger partial charge on any atom is -0.353 e. The van der Waals surface area contributed by atoms with Crippen molar-refractivity contribution < 1.29 is 13.2 Å². The second-order valence-corrected chi connectivity index (χ2v) is 8.55. The molecular weight excluding hydrogens is 372 g/mol. The molecule has 0 spiro atoms. The molecule has 0 fully saturated rings. The van der Waals surface area contributed by atoms with E-state index < -0.39 is 10.0 Å². The van der Waals surface area contributed by atoms with Gasteiger partial charge in [0, 0.05) is 18.1 Å². The number of nitrogens with one attached hydrogen (secondary N) is 1. The first-order valence-corrected chi connectivity index (χ1v) is 10.2. The van der Waals surface area contributed by atoms with E-state index in [0.717, 1.165) is 12.0 Å². The maximum Gasteiger partial charge on any atom is 0.264 e. The standard InChI is InChI=1S/C19H23ClN2O3S/c1-4-14(2)21-19(23)13-15-5-9-17(10-6-15)22(3)26(24,25)18-11-7-16(20)8-12-18/h5-12,14H,4,13H2,1-3H3,(H,21,23)/t14-/m1/s1. The summed E-state index contributed by atoms with van der Waals surface area (Å²) < 4.78 is 26.6. The van der Waals surface area contributed by atoms with Gasteiger partial charge in [0.15, 0.2) is 0 Å².